The average Bonchev–Trinajstić information content (AvgIpc) is 3.05. The molecule has 0 aromatic carbocycles. The number of carbonyl (C=O) groups excluding carboxylic acids is 1. The fourth-order valence-corrected chi connectivity index (χ4v) is 3.91. The summed E-state index contributed by atoms with van der Waals surface area (Å²) in [5.74, 6) is -1.24. The molecule has 0 aromatic rings. The maximum atomic E-state index is 11.4. The zero-order valence-electron chi connectivity index (χ0n) is 28.7. The highest BCUT2D eigenvalue weighted by atomic mass is 16.6. The van der Waals surface area contributed by atoms with Crippen molar-refractivity contribution < 1.29 is 57.3 Å². The molecule has 0 fully saturated rings. The third-order valence-electron chi connectivity index (χ3n) is 6.47. The molecule has 0 aliphatic carbocycles. The Kier molecular flexibility index (Phi) is 38.5. The number of rotatable bonds is 40. The first-order valence-corrected chi connectivity index (χ1v) is 17.3. The largest absolute Gasteiger partial charge is 0.481 e. The third-order valence-corrected chi connectivity index (χ3v) is 6.47. The van der Waals surface area contributed by atoms with Crippen LogP contribution in [-0.2, 0) is 52.2 Å². The number of hydrogen-bond donors (Lipinski definition) is 2. The van der Waals surface area contributed by atoms with Crippen molar-refractivity contribution in [2.75, 3.05) is 125 Å². The first kappa shape index (κ1) is 44.6. The number of aliphatic carboxylic acids is 1. The molecule has 13 nitrogen and oxygen atoms in total. The summed E-state index contributed by atoms with van der Waals surface area (Å²) in [7, 11) is 0. The summed E-state index contributed by atoms with van der Waals surface area (Å²) in [6, 6.07) is 0. The normalized spacial score (nSPS) is 11.3. The molecule has 0 bridgehead atoms. The minimum absolute atomic E-state index is 0.00567. The highest BCUT2D eigenvalue weighted by Crippen LogP contribution is 2.08. The number of unbranched alkanes of at least 4 members (excludes halogenated alkanes) is 7. The van der Waals surface area contributed by atoms with E-state index in [1.165, 1.54) is 44.9 Å². The molecule has 0 rings (SSSR count). The molecule has 0 atom stereocenters. The second-order valence-electron chi connectivity index (χ2n) is 10.6. The molecule has 0 aliphatic heterocycles. The van der Waals surface area contributed by atoms with Gasteiger partial charge in [0.25, 0.3) is 0 Å². The van der Waals surface area contributed by atoms with Gasteiger partial charge < -0.3 is 53.1 Å². The van der Waals surface area contributed by atoms with Gasteiger partial charge in [0.05, 0.1) is 112 Å². The summed E-state index contributed by atoms with van der Waals surface area (Å²) in [5, 5.41) is 11.2. The number of amides is 1. The van der Waals surface area contributed by atoms with Crippen LogP contribution in [0.3, 0.4) is 0 Å². The van der Waals surface area contributed by atoms with Crippen molar-refractivity contribution in [3.8, 4) is 0 Å². The number of nitrogens with one attached hydrogen (secondary N) is 1. The summed E-state index contributed by atoms with van der Waals surface area (Å²) < 4.78 is 49.4. The van der Waals surface area contributed by atoms with Gasteiger partial charge >= 0.3 is 5.97 Å². The minimum atomic E-state index is -0.979. The smallest absolute Gasteiger partial charge is 0.303 e. The van der Waals surface area contributed by atoms with E-state index in [0.29, 0.717) is 125 Å². The van der Waals surface area contributed by atoms with Gasteiger partial charge in [-0.25, -0.2) is 0 Å². The van der Waals surface area contributed by atoms with E-state index in [1.807, 2.05) is 0 Å². The van der Waals surface area contributed by atoms with Crippen LogP contribution in [0.2, 0.25) is 0 Å². The Labute approximate surface area is 277 Å². The van der Waals surface area contributed by atoms with Gasteiger partial charge in [-0.1, -0.05) is 51.9 Å². The Morgan fingerprint density at radius 2 is 0.717 bits per heavy atom. The van der Waals surface area contributed by atoms with Crippen molar-refractivity contribution in [2.45, 2.75) is 77.6 Å². The molecule has 1 amide bonds. The van der Waals surface area contributed by atoms with E-state index in [4.69, 9.17) is 47.7 Å². The molecular weight excluding hydrogens is 602 g/mol. The van der Waals surface area contributed by atoms with Crippen LogP contribution < -0.4 is 5.32 Å². The lowest BCUT2D eigenvalue weighted by molar-refractivity contribution is -0.138. The first-order chi connectivity index (χ1) is 22.7. The summed E-state index contributed by atoms with van der Waals surface area (Å²) in [6.45, 7) is 12.3. The second-order valence-corrected chi connectivity index (χ2v) is 10.6. The van der Waals surface area contributed by atoms with Crippen molar-refractivity contribution in [3.63, 3.8) is 0 Å². The van der Waals surface area contributed by atoms with Gasteiger partial charge in [0.15, 0.2) is 0 Å². The first-order valence-electron chi connectivity index (χ1n) is 17.3. The van der Waals surface area contributed by atoms with Gasteiger partial charge in [-0.15, -0.1) is 0 Å². The van der Waals surface area contributed by atoms with Crippen LogP contribution in [0, 0.1) is 0 Å². The molecule has 0 saturated heterocycles. The number of carbonyl (C=O) groups is 2. The van der Waals surface area contributed by atoms with Crippen molar-refractivity contribution >= 4 is 11.9 Å². The molecule has 0 heterocycles. The lowest BCUT2D eigenvalue weighted by Crippen LogP contribution is -2.25. The molecule has 0 aliphatic rings. The van der Waals surface area contributed by atoms with E-state index in [-0.39, 0.29) is 18.7 Å². The summed E-state index contributed by atoms with van der Waals surface area (Å²) in [6.07, 6.45) is 11.0. The van der Waals surface area contributed by atoms with E-state index in [2.05, 4.69) is 12.2 Å². The lowest BCUT2D eigenvalue weighted by Gasteiger charge is -2.09. The number of hydrogen-bond acceptors (Lipinski definition) is 11. The molecule has 0 aromatic heterocycles. The second kappa shape index (κ2) is 39.8. The summed E-state index contributed by atoms with van der Waals surface area (Å²) in [5.41, 5.74) is 0. The zero-order chi connectivity index (χ0) is 33.4. The monoisotopic (exact) mass is 667 g/mol. The van der Waals surface area contributed by atoms with Crippen LogP contribution in [-0.4, -0.2) is 142 Å². The van der Waals surface area contributed by atoms with E-state index >= 15 is 0 Å². The number of ether oxygens (including phenoxy) is 9. The third kappa shape index (κ3) is 40.6. The van der Waals surface area contributed by atoms with Gasteiger partial charge in [-0.3, -0.25) is 9.59 Å². The van der Waals surface area contributed by atoms with Crippen molar-refractivity contribution in [2.24, 2.45) is 0 Å². The van der Waals surface area contributed by atoms with E-state index in [9.17, 15) is 9.59 Å². The molecule has 0 radical (unpaired) electrons. The SMILES string of the molecule is CCCCCCCCCCOCCOCCOCCOCCOCCOCCOCCOCCOCCCNC(=O)CCC(=O)O. The van der Waals surface area contributed by atoms with Gasteiger partial charge in [-0.05, 0) is 12.8 Å². The maximum absolute atomic E-state index is 11.4. The van der Waals surface area contributed by atoms with E-state index in [1.54, 1.807) is 0 Å². The maximum Gasteiger partial charge on any atom is 0.303 e. The highest BCUT2D eigenvalue weighted by Gasteiger charge is 2.04. The van der Waals surface area contributed by atoms with Crippen molar-refractivity contribution in [3.05, 3.63) is 0 Å². The predicted molar refractivity (Wildman–Crippen MR) is 174 cm³/mol. The van der Waals surface area contributed by atoms with Crippen molar-refractivity contribution in [1.82, 2.24) is 5.32 Å². The quantitative estimate of drug-likeness (QED) is 0.0919. The Morgan fingerprint density at radius 1 is 0.413 bits per heavy atom. The van der Waals surface area contributed by atoms with E-state index in [0.717, 1.165) is 13.0 Å². The molecule has 0 unspecified atom stereocenters. The van der Waals surface area contributed by atoms with Crippen molar-refractivity contribution in [1.29, 1.82) is 0 Å². The number of carboxylic acids is 1. The van der Waals surface area contributed by atoms with Crippen LogP contribution >= 0.6 is 0 Å². The number of carboxylic acid groups (broad SMARTS) is 1. The van der Waals surface area contributed by atoms with E-state index < -0.39 is 5.97 Å². The summed E-state index contributed by atoms with van der Waals surface area (Å²) >= 11 is 0. The Morgan fingerprint density at radius 3 is 1.07 bits per heavy atom. The molecule has 274 valence electrons. The zero-order valence-corrected chi connectivity index (χ0v) is 28.7. The van der Waals surface area contributed by atoms with Gasteiger partial charge in [-0.2, -0.15) is 0 Å². The molecule has 0 saturated carbocycles. The standard InChI is InChI=1S/C33H65NO12/c1-2-3-4-5-6-7-8-9-14-38-16-18-40-20-22-42-24-26-44-28-30-46-31-29-45-27-25-43-23-21-41-19-17-39-15-10-13-34-32(35)11-12-33(36)37/h2-31H2,1H3,(H,34,35)(H,36,37). The van der Waals surface area contributed by atoms with Crippen LogP contribution in [0.15, 0.2) is 0 Å². The average molecular weight is 668 g/mol. The molecule has 46 heavy (non-hydrogen) atoms. The molecule has 0 spiro atoms. The van der Waals surface area contributed by atoms with Crippen LogP contribution in [0.5, 0.6) is 0 Å². The predicted octanol–water partition coefficient (Wildman–Crippen LogP) is 3.65. The fourth-order valence-electron chi connectivity index (χ4n) is 3.91. The van der Waals surface area contributed by atoms with Crippen LogP contribution in [0.25, 0.3) is 0 Å². The Bertz CT molecular complexity index is 629. The Balaban J connectivity index is 3.08. The molecule has 2 N–H and O–H groups in total. The van der Waals surface area contributed by atoms with Crippen LogP contribution in [0.4, 0.5) is 0 Å². The lowest BCUT2D eigenvalue weighted by atomic mass is 10.1. The van der Waals surface area contributed by atoms with Gasteiger partial charge in [0.2, 0.25) is 5.91 Å². The molecule has 13 heteroatoms. The van der Waals surface area contributed by atoms with Gasteiger partial charge in [0.1, 0.15) is 0 Å². The Hall–Kier alpha value is -1.42. The minimum Gasteiger partial charge on any atom is -0.481 e. The van der Waals surface area contributed by atoms with Crippen LogP contribution in [0.1, 0.15) is 77.6 Å². The highest BCUT2D eigenvalue weighted by molar-refractivity contribution is 5.80. The topological polar surface area (TPSA) is 149 Å². The molecular formula is C33H65NO12. The van der Waals surface area contributed by atoms with Gasteiger partial charge in [0, 0.05) is 26.2 Å². The summed E-state index contributed by atoms with van der Waals surface area (Å²) in [4.78, 5) is 21.8. The fraction of sp³-hybridized carbons (Fsp3) is 0.939.